The summed E-state index contributed by atoms with van der Waals surface area (Å²) in [6, 6.07) is 2.64. The summed E-state index contributed by atoms with van der Waals surface area (Å²) in [7, 11) is 0. The molecular weight excluding hydrogens is 373 g/mol. The van der Waals surface area contributed by atoms with Crippen LogP contribution in [0.15, 0.2) is 23.0 Å². The lowest BCUT2D eigenvalue weighted by molar-refractivity contribution is 0.0776. The minimum Gasteiger partial charge on any atom is -0.344 e. The maximum Gasteiger partial charge on any atom is 0.256 e. The number of hydrogen-bond acceptors (Lipinski definition) is 5. The Morgan fingerprint density at radius 1 is 1.34 bits per heavy atom. The van der Waals surface area contributed by atoms with Crippen molar-refractivity contribution in [2.75, 3.05) is 13.1 Å². The molecule has 1 aromatic carbocycles. The Balaban J connectivity index is 1.31. The maximum absolute atomic E-state index is 14.1. The Morgan fingerprint density at radius 2 is 2.24 bits per heavy atom. The highest BCUT2D eigenvalue weighted by Crippen LogP contribution is 2.50. The molecule has 0 bridgehead atoms. The summed E-state index contributed by atoms with van der Waals surface area (Å²) >= 11 is 0. The van der Waals surface area contributed by atoms with Crippen molar-refractivity contribution in [1.82, 2.24) is 25.0 Å². The second-order valence-corrected chi connectivity index (χ2v) is 8.85. The number of hydrogen-bond donors (Lipinski definition) is 1. The first kappa shape index (κ1) is 17.1. The van der Waals surface area contributed by atoms with E-state index in [1.807, 2.05) is 4.90 Å². The van der Waals surface area contributed by atoms with Crippen molar-refractivity contribution >= 4 is 16.9 Å². The molecule has 150 valence electrons. The van der Waals surface area contributed by atoms with E-state index in [0.29, 0.717) is 47.4 Å². The number of carbonyl (C=O) groups excluding carboxylic acids is 1. The number of aromatic amines is 1. The molecule has 2 atom stereocenters. The minimum absolute atomic E-state index is 0.187. The van der Waals surface area contributed by atoms with Crippen LogP contribution >= 0.6 is 0 Å². The number of nitrogens with zero attached hydrogens (tertiary/aromatic N) is 4. The molecule has 1 amide bonds. The molecule has 1 saturated heterocycles. The van der Waals surface area contributed by atoms with Crippen molar-refractivity contribution in [3.63, 3.8) is 0 Å². The molecule has 1 aliphatic heterocycles. The molecule has 8 heteroatoms. The van der Waals surface area contributed by atoms with Gasteiger partial charge in [-0.3, -0.25) is 4.79 Å². The van der Waals surface area contributed by atoms with Crippen molar-refractivity contribution in [2.45, 2.75) is 43.9 Å². The second kappa shape index (κ2) is 6.11. The Bertz CT molecular complexity index is 1100. The van der Waals surface area contributed by atoms with Gasteiger partial charge < -0.3 is 14.4 Å². The van der Waals surface area contributed by atoms with E-state index in [0.717, 1.165) is 31.5 Å². The van der Waals surface area contributed by atoms with Gasteiger partial charge in [-0.1, -0.05) is 11.6 Å². The van der Waals surface area contributed by atoms with Gasteiger partial charge in [-0.05, 0) is 49.7 Å². The van der Waals surface area contributed by atoms with E-state index in [4.69, 9.17) is 9.51 Å². The number of likely N-dealkylation sites (tertiary alicyclic amines) is 1. The molecule has 0 unspecified atom stereocenters. The van der Waals surface area contributed by atoms with Gasteiger partial charge in [0.15, 0.2) is 5.82 Å². The first-order valence-electron chi connectivity index (χ1n) is 10.4. The van der Waals surface area contributed by atoms with Gasteiger partial charge >= 0.3 is 0 Å². The van der Waals surface area contributed by atoms with Crippen molar-refractivity contribution < 1.29 is 13.7 Å². The largest absolute Gasteiger partial charge is 0.344 e. The molecule has 6 rings (SSSR count). The summed E-state index contributed by atoms with van der Waals surface area (Å²) < 4.78 is 19.8. The number of aromatic nitrogens is 4. The molecular formula is C21H22FN5O2. The Labute approximate surface area is 166 Å². The zero-order chi connectivity index (χ0) is 19.6. The fourth-order valence-corrected chi connectivity index (χ4v) is 5.26. The van der Waals surface area contributed by atoms with E-state index in [1.54, 1.807) is 0 Å². The molecule has 3 aliphatic rings. The van der Waals surface area contributed by atoms with Crippen molar-refractivity contribution in [3.8, 4) is 0 Å². The van der Waals surface area contributed by atoms with Crippen molar-refractivity contribution in [1.29, 1.82) is 0 Å². The summed E-state index contributed by atoms with van der Waals surface area (Å²) in [4.78, 5) is 27.0. The number of carbonyl (C=O) groups is 1. The first-order chi connectivity index (χ1) is 14.1. The predicted molar refractivity (Wildman–Crippen MR) is 102 cm³/mol. The highest BCUT2D eigenvalue weighted by atomic mass is 19.1. The van der Waals surface area contributed by atoms with Gasteiger partial charge in [-0.2, -0.15) is 4.98 Å². The Morgan fingerprint density at radius 3 is 3.10 bits per heavy atom. The van der Waals surface area contributed by atoms with Crippen LogP contribution in [-0.4, -0.2) is 44.0 Å². The van der Waals surface area contributed by atoms with Crippen LogP contribution in [0.5, 0.6) is 0 Å². The van der Waals surface area contributed by atoms with E-state index >= 15 is 0 Å². The number of H-pyrrole nitrogens is 1. The van der Waals surface area contributed by atoms with Gasteiger partial charge in [-0.25, -0.2) is 9.37 Å². The monoisotopic (exact) mass is 395 g/mol. The zero-order valence-electron chi connectivity index (χ0n) is 16.0. The SMILES string of the molecule is O=C(c1cc(F)cc2[nH]cnc12)N1C[C@H]2CCC[C@@]2(c2nc(CC3CC3)no2)C1. The van der Waals surface area contributed by atoms with E-state index in [9.17, 15) is 9.18 Å². The molecule has 7 nitrogen and oxygen atoms in total. The van der Waals surface area contributed by atoms with Crippen molar-refractivity contribution in [3.05, 3.63) is 41.6 Å². The number of nitrogens with one attached hydrogen (secondary N) is 1. The zero-order valence-corrected chi connectivity index (χ0v) is 16.0. The van der Waals surface area contributed by atoms with Gasteiger partial charge in [0.2, 0.25) is 5.89 Å². The number of benzene rings is 1. The lowest BCUT2D eigenvalue weighted by Gasteiger charge is -2.24. The molecule has 3 heterocycles. The lowest BCUT2D eigenvalue weighted by atomic mass is 9.80. The van der Waals surface area contributed by atoms with Crippen LogP contribution in [0.25, 0.3) is 11.0 Å². The van der Waals surface area contributed by atoms with Crippen molar-refractivity contribution in [2.24, 2.45) is 11.8 Å². The quantitative estimate of drug-likeness (QED) is 0.733. The summed E-state index contributed by atoms with van der Waals surface area (Å²) in [5, 5.41) is 4.22. The number of imidazole rings is 1. The average Bonchev–Trinajstić information content (AvgIpc) is 3.11. The van der Waals surface area contributed by atoms with Gasteiger partial charge in [0.1, 0.15) is 11.3 Å². The fraction of sp³-hybridized carbons (Fsp3) is 0.524. The lowest BCUT2D eigenvalue weighted by Crippen LogP contribution is -2.35. The second-order valence-electron chi connectivity index (χ2n) is 8.85. The smallest absolute Gasteiger partial charge is 0.256 e. The average molecular weight is 395 g/mol. The van der Waals surface area contributed by atoms with E-state index in [-0.39, 0.29) is 11.3 Å². The molecule has 2 aliphatic carbocycles. The molecule has 3 fully saturated rings. The molecule has 2 aromatic heterocycles. The standard InChI is InChI=1S/C21H22FN5O2/c22-14-7-15(18-16(8-14)23-11-24-18)19(28)27-9-13-2-1-5-21(13,10-27)20-25-17(26-29-20)6-12-3-4-12/h7-8,11-13H,1-6,9-10H2,(H,23,24)/t13-,21-/m1/s1. The van der Waals surface area contributed by atoms with Gasteiger partial charge in [0, 0.05) is 19.5 Å². The topological polar surface area (TPSA) is 87.9 Å². The van der Waals surface area contributed by atoms with Gasteiger partial charge in [0.05, 0.1) is 22.8 Å². The molecule has 29 heavy (non-hydrogen) atoms. The highest BCUT2D eigenvalue weighted by molar-refractivity contribution is 6.05. The van der Waals surface area contributed by atoms with Crippen LogP contribution in [0.3, 0.4) is 0 Å². The summed E-state index contributed by atoms with van der Waals surface area (Å²) in [6.07, 6.45) is 7.92. The summed E-state index contributed by atoms with van der Waals surface area (Å²) in [5.74, 6) is 1.83. The summed E-state index contributed by atoms with van der Waals surface area (Å²) in [6.45, 7) is 1.16. The third kappa shape index (κ3) is 2.68. The number of halogens is 1. The van der Waals surface area contributed by atoms with E-state index in [2.05, 4.69) is 15.1 Å². The van der Waals surface area contributed by atoms with Crippen LogP contribution in [0.2, 0.25) is 0 Å². The van der Waals surface area contributed by atoms with Gasteiger partial charge in [-0.15, -0.1) is 0 Å². The first-order valence-corrected chi connectivity index (χ1v) is 10.4. The molecule has 1 N–H and O–H groups in total. The van der Waals surface area contributed by atoms with Crippen LogP contribution in [0.1, 0.15) is 54.2 Å². The molecule has 0 radical (unpaired) electrons. The van der Waals surface area contributed by atoms with Crippen LogP contribution in [0, 0.1) is 17.7 Å². The number of rotatable bonds is 4. The maximum atomic E-state index is 14.1. The van der Waals surface area contributed by atoms with E-state index in [1.165, 1.54) is 31.3 Å². The van der Waals surface area contributed by atoms with Crippen LogP contribution in [0.4, 0.5) is 4.39 Å². The summed E-state index contributed by atoms with van der Waals surface area (Å²) in [5.41, 5.74) is 1.06. The Hall–Kier alpha value is -2.77. The van der Waals surface area contributed by atoms with Gasteiger partial charge in [0.25, 0.3) is 5.91 Å². The third-order valence-corrected chi connectivity index (χ3v) is 6.94. The predicted octanol–water partition coefficient (Wildman–Crippen LogP) is 3.23. The third-order valence-electron chi connectivity index (χ3n) is 6.94. The van der Waals surface area contributed by atoms with E-state index < -0.39 is 5.82 Å². The van der Waals surface area contributed by atoms with Crippen LogP contribution < -0.4 is 0 Å². The highest BCUT2D eigenvalue weighted by Gasteiger charge is 2.55. The molecule has 2 saturated carbocycles. The molecule has 3 aromatic rings. The Kier molecular flexibility index (Phi) is 3.61. The van der Waals surface area contributed by atoms with Crippen LogP contribution in [-0.2, 0) is 11.8 Å². The normalized spacial score (nSPS) is 26.4. The number of amides is 1. The molecule has 0 spiro atoms. The number of fused-ring (bicyclic) bond motifs is 2. The fourth-order valence-electron chi connectivity index (χ4n) is 5.26. The minimum atomic E-state index is -0.444.